The van der Waals surface area contributed by atoms with Gasteiger partial charge in [0.15, 0.2) is 18.9 Å². The number of ether oxygens (including phenoxy) is 2. The number of thioether (sulfide) groups is 1. The first-order valence-corrected chi connectivity index (χ1v) is 16.0. The molecule has 0 spiro atoms. The van der Waals surface area contributed by atoms with Gasteiger partial charge in [-0.3, -0.25) is 10.0 Å². The Morgan fingerprint density at radius 2 is 1.87 bits per heavy atom. The summed E-state index contributed by atoms with van der Waals surface area (Å²) in [4.78, 5) is 19.6. The number of likely N-dealkylation sites (tertiary alicyclic amines) is 1. The summed E-state index contributed by atoms with van der Waals surface area (Å²) in [5, 5.41) is 9.36. The van der Waals surface area contributed by atoms with Gasteiger partial charge in [-0.2, -0.15) is 0 Å². The second kappa shape index (κ2) is 11.4. The fourth-order valence-corrected chi connectivity index (χ4v) is 8.78. The fourth-order valence-electron chi connectivity index (χ4n) is 4.84. The van der Waals surface area contributed by atoms with Crippen LogP contribution < -0.4 is 15.0 Å². The van der Waals surface area contributed by atoms with E-state index in [4.69, 9.17) is 9.47 Å². The molecule has 204 valence electrons. The first kappa shape index (κ1) is 27.2. The minimum atomic E-state index is -4.04. The standard InChI is InChI=1S/C26H31N3O6S3/c1-2-34-20-7-10-22-23(17-20)37-25(27-22)36-16-15-35-19-5-8-21(9-6-19)38(32,33)26(24(30)28-31)11-13-29(14-12-26)18-3-4-18/h5-10,17-18,31H,2-4,11-16H2,1H3,(H,28,30). The van der Waals surface area contributed by atoms with Gasteiger partial charge in [0.05, 0.1) is 28.3 Å². The van der Waals surface area contributed by atoms with Crippen molar-refractivity contribution < 1.29 is 27.9 Å². The van der Waals surface area contributed by atoms with Crippen molar-refractivity contribution in [3.8, 4) is 11.5 Å². The molecule has 2 heterocycles. The third-order valence-corrected chi connectivity index (χ3v) is 11.7. The average molecular weight is 578 g/mol. The maximum absolute atomic E-state index is 13.6. The fraction of sp³-hybridized carbons (Fsp3) is 0.462. The normalized spacial score (nSPS) is 17.8. The van der Waals surface area contributed by atoms with Crippen LogP contribution in [0.3, 0.4) is 0 Å². The van der Waals surface area contributed by atoms with E-state index in [1.54, 1.807) is 40.7 Å². The van der Waals surface area contributed by atoms with Gasteiger partial charge in [-0.05, 0) is 75.1 Å². The Hall–Kier alpha value is -2.38. The molecule has 0 radical (unpaired) electrons. The number of hydrogen-bond acceptors (Lipinski definition) is 10. The highest BCUT2D eigenvalue weighted by atomic mass is 32.2. The van der Waals surface area contributed by atoms with Crippen molar-refractivity contribution in [1.29, 1.82) is 0 Å². The van der Waals surface area contributed by atoms with Gasteiger partial charge < -0.3 is 14.4 Å². The van der Waals surface area contributed by atoms with Gasteiger partial charge in [-0.15, -0.1) is 11.3 Å². The van der Waals surface area contributed by atoms with E-state index in [0.29, 0.717) is 43.8 Å². The topological polar surface area (TPSA) is 118 Å². The summed E-state index contributed by atoms with van der Waals surface area (Å²) in [6, 6.07) is 12.5. The first-order valence-electron chi connectivity index (χ1n) is 12.7. The Labute approximate surface area is 230 Å². The van der Waals surface area contributed by atoms with E-state index in [9.17, 15) is 18.4 Å². The SMILES string of the molecule is CCOc1ccc2nc(SCCOc3ccc(S(=O)(=O)C4(C(=O)NO)CCN(C5CC5)CC4)cc3)sc2c1. The number of nitrogens with one attached hydrogen (secondary N) is 1. The summed E-state index contributed by atoms with van der Waals surface area (Å²) >= 11 is 3.20. The predicted octanol–water partition coefficient (Wildman–Crippen LogP) is 4.14. The van der Waals surface area contributed by atoms with E-state index >= 15 is 0 Å². The number of carbonyl (C=O) groups is 1. The monoisotopic (exact) mass is 577 g/mol. The van der Waals surface area contributed by atoms with Crippen LogP contribution in [-0.4, -0.2) is 72.3 Å². The zero-order valence-electron chi connectivity index (χ0n) is 21.1. The molecule has 1 aromatic heterocycles. The van der Waals surface area contributed by atoms with E-state index < -0.39 is 20.5 Å². The summed E-state index contributed by atoms with van der Waals surface area (Å²) < 4.78 is 38.9. The largest absolute Gasteiger partial charge is 0.494 e. The Balaban J connectivity index is 1.18. The molecule has 2 fully saturated rings. The van der Waals surface area contributed by atoms with E-state index in [0.717, 1.165) is 33.1 Å². The molecule has 1 aliphatic heterocycles. The molecule has 0 bridgehead atoms. The van der Waals surface area contributed by atoms with Crippen molar-refractivity contribution in [1.82, 2.24) is 15.4 Å². The molecule has 9 nitrogen and oxygen atoms in total. The summed E-state index contributed by atoms with van der Waals surface area (Å²) in [5.41, 5.74) is 2.55. The van der Waals surface area contributed by atoms with E-state index in [-0.39, 0.29) is 17.7 Å². The molecule has 1 saturated carbocycles. The molecular weight excluding hydrogens is 547 g/mol. The zero-order valence-corrected chi connectivity index (χ0v) is 23.5. The molecule has 0 atom stereocenters. The van der Waals surface area contributed by atoms with Gasteiger partial charge in [-0.1, -0.05) is 11.8 Å². The smallest absolute Gasteiger partial charge is 0.265 e. The lowest BCUT2D eigenvalue weighted by Gasteiger charge is -2.39. The summed E-state index contributed by atoms with van der Waals surface area (Å²) in [5.74, 6) is 1.18. The van der Waals surface area contributed by atoms with Crippen LogP contribution >= 0.6 is 23.1 Å². The minimum absolute atomic E-state index is 0.0450. The summed E-state index contributed by atoms with van der Waals surface area (Å²) in [6.45, 7) is 4.02. The number of nitrogens with zero attached hydrogens (tertiary/aromatic N) is 2. The number of carbonyl (C=O) groups excluding carboxylic acids is 1. The number of thiazole rings is 1. The van der Waals surface area contributed by atoms with Gasteiger partial charge in [0.2, 0.25) is 0 Å². The second-order valence-electron chi connectivity index (χ2n) is 9.42. The Bertz CT molecular complexity index is 1380. The number of hydroxylamine groups is 1. The molecule has 5 rings (SSSR count). The van der Waals surface area contributed by atoms with E-state index in [2.05, 4.69) is 9.88 Å². The molecule has 0 unspecified atom stereocenters. The number of hydrogen-bond donors (Lipinski definition) is 2. The molecule has 2 N–H and O–H groups in total. The molecule has 1 saturated heterocycles. The van der Waals surface area contributed by atoms with Crippen molar-refractivity contribution in [2.45, 2.75) is 52.6 Å². The maximum atomic E-state index is 13.6. The zero-order chi connectivity index (χ0) is 26.8. The molecule has 2 aromatic carbocycles. The quantitative estimate of drug-likeness (QED) is 0.150. The molecule has 3 aromatic rings. The van der Waals surface area contributed by atoms with Gasteiger partial charge in [0.25, 0.3) is 5.91 Å². The Morgan fingerprint density at radius 3 is 2.53 bits per heavy atom. The number of amides is 1. The predicted molar refractivity (Wildman–Crippen MR) is 147 cm³/mol. The lowest BCUT2D eigenvalue weighted by molar-refractivity contribution is -0.133. The first-order chi connectivity index (χ1) is 18.4. The molecule has 38 heavy (non-hydrogen) atoms. The van der Waals surface area contributed by atoms with Gasteiger partial charge in [-0.25, -0.2) is 18.9 Å². The van der Waals surface area contributed by atoms with Crippen LogP contribution in [0.1, 0.15) is 32.6 Å². The van der Waals surface area contributed by atoms with Gasteiger partial charge >= 0.3 is 0 Å². The van der Waals surface area contributed by atoms with Gasteiger partial charge in [0.1, 0.15) is 11.5 Å². The molecule has 2 aliphatic rings. The van der Waals surface area contributed by atoms with E-state index in [1.165, 1.54) is 12.1 Å². The van der Waals surface area contributed by atoms with Crippen molar-refractivity contribution in [3.05, 3.63) is 42.5 Å². The lowest BCUT2D eigenvalue weighted by atomic mass is 9.94. The second-order valence-corrected chi connectivity index (χ2v) is 14.0. The molecule has 12 heteroatoms. The van der Waals surface area contributed by atoms with Crippen LogP contribution in [-0.2, 0) is 14.6 Å². The highest BCUT2D eigenvalue weighted by Gasteiger charge is 2.54. The Morgan fingerprint density at radius 1 is 1.16 bits per heavy atom. The number of sulfone groups is 1. The number of aromatic nitrogens is 1. The van der Waals surface area contributed by atoms with Crippen molar-refractivity contribution in [2.75, 3.05) is 32.1 Å². The molecular formula is C26H31N3O6S3. The van der Waals surface area contributed by atoms with Crippen molar-refractivity contribution in [3.63, 3.8) is 0 Å². The summed E-state index contributed by atoms with van der Waals surface area (Å²) in [7, 11) is -4.04. The van der Waals surface area contributed by atoms with Crippen LogP contribution in [0.5, 0.6) is 11.5 Å². The highest BCUT2D eigenvalue weighted by Crippen LogP contribution is 2.39. The van der Waals surface area contributed by atoms with E-state index in [1.807, 2.05) is 25.1 Å². The van der Waals surface area contributed by atoms with Crippen LogP contribution in [0.4, 0.5) is 0 Å². The number of piperidine rings is 1. The van der Waals surface area contributed by atoms with Gasteiger partial charge in [0, 0.05) is 24.9 Å². The number of benzene rings is 2. The van der Waals surface area contributed by atoms with Crippen LogP contribution in [0.2, 0.25) is 0 Å². The highest BCUT2D eigenvalue weighted by molar-refractivity contribution is 8.01. The molecule has 1 aliphatic carbocycles. The average Bonchev–Trinajstić information content (AvgIpc) is 3.70. The summed E-state index contributed by atoms with van der Waals surface area (Å²) in [6.07, 6.45) is 2.52. The lowest BCUT2D eigenvalue weighted by Crippen LogP contribution is -2.58. The van der Waals surface area contributed by atoms with Crippen molar-refractivity contribution >= 4 is 49.1 Å². The minimum Gasteiger partial charge on any atom is -0.494 e. The van der Waals surface area contributed by atoms with Crippen molar-refractivity contribution in [2.24, 2.45) is 0 Å². The third-order valence-electron chi connectivity index (χ3n) is 7.06. The van der Waals surface area contributed by atoms with Crippen LogP contribution in [0, 0.1) is 0 Å². The molecule has 1 amide bonds. The Kier molecular flexibility index (Phi) is 8.15. The number of fused-ring (bicyclic) bond motifs is 1. The third kappa shape index (κ3) is 5.50. The maximum Gasteiger partial charge on any atom is 0.265 e. The van der Waals surface area contributed by atoms with Crippen LogP contribution in [0.25, 0.3) is 10.2 Å². The number of rotatable bonds is 11. The van der Waals surface area contributed by atoms with Crippen LogP contribution in [0.15, 0.2) is 51.7 Å².